The molecule has 0 amide bonds. The van der Waals surface area contributed by atoms with Gasteiger partial charge in [0.2, 0.25) is 0 Å². The first-order valence-corrected chi connectivity index (χ1v) is 5.39. The molecule has 3 nitrogen and oxygen atoms in total. The average Bonchev–Trinajstić information content (AvgIpc) is 2.15. The fraction of sp³-hybridized carbons (Fsp3) is 0.462. The van der Waals surface area contributed by atoms with Gasteiger partial charge < -0.3 is 10.5 Å². The van der Waals surface area contributed by atoms with Gasteiger partial charge in [-0.2, -0.15) is 0 Å². The molecule has 0 spiro atoms. The van der Waals surface area contributed by atoms with Crippen LogP contribution in [0.1, 0.15) is 49.7 Å². The van der Waals surface area contributed by atoms with Crippen molar-refractivity contribution in [3.8, 4) is 0 Å². The molecule has 16 heavy (non-hydrogen) atoms. The van der Waals surface area contributed by atoms with Crippen LogP contribution in [0.3, 0.4) is 0 Å². The molecule has 0 fully saturated rings. The number of nitrogens with two attached hydrogens (primary N) is 1. The monoisotopic (exact) mass is 221 g/mol. The Hall–Kier alpha value is -1.35. The Morgan fingerprint density at radius 2 is 1.88 bits per heavy atom. The van der Waals surface area contributed by atoms with Crippen LogP contribution in [0.2, 0.25) is 0 Å². The average molecular weight is 221 g/mol. The second-order valence-corrected chi connectivity index (χ2v) is 4.88. The highest BCUT2D eigenvalue weighted by Gasteiger charge is 2.20. The van der Waals surface area contributed by atoms with Crippen molar-refractivity contribution in [1.29, 1.82) is 0 Å². The molecular formula is C13H19NO2. The SMILES string of the molecule is CC(N)c1ccccc1C(=O)OC(C)(C)C. The maximum Gasteiger partial charge on any atom is 0.338 e. The highest BCUT2D eigenvalue weighted by Crippen LogP contribution is 2.19. The quantitative estimate of drug-likeness (QED) is 0.781. The minimum absolute atomic E-state index is 0.177. The zero-order valence-corrected chi connectivity index (χ0v) is 10.3. The van der Waals surface area contributed by atoms with E-state index in [1.54, 1.807) is 6.07 Å². The highest BCUT2D eigenvalue weighted by atomic mass is 16.6. The first-order valence-electron chi connectivity index (χ1n) is 5.39. The largest absolute Gasteiger partial charge is 0.456 e. The lowest BCUT2D eigenvalue weighted by Crippen LogP contribution is -2.25. The second-order valence-electron chi connectivity index (χ2n) is 4.88. The molecule has 1 atom stereocenters. The molecule has 0 aromatic heterocycles. The van der Waals surface area contributed by atoms with Crippen molar-refractivity contribution in [3.63, 3.8) is 0 Å². The van der Waals surface area contributed by atoms with Gasteiger partial charge in [-0.05, 0) is 39.3 Å². The van der Waals surface area contributed by atoms with E-state index in [2.05, 4.69) is 0 Å². The molecule has 0 aliphatic heterocycles. The van der Waals surface area contributed by atoms with Crippen molar-refractivity contribution >= 4 is 5.97 Å². The summed E-state index contributed by atoms with van der Waals surface area (Å²) in [6, 6.07) is 7.10. The molecule has 3 heteroatoms. The van der Waals surface area contributed by atoms with Crippen LogP contribution in [0.5, 0.6) is 0 Å². The summed E-state index contributed by atoms with van der Waals surface area (Å²) in [6.45, 7) is 7.39. The van der Waals surface area contributed by atoms with Gasteiger partial charge in [-0.15, -0.1) is 0 Å². The number of esters is 1. The molecular weight excluding hydrogens is 202 g/mol. The Balaban J connectivity index is 3.00. The molecule has 0 aliphatic carbocycles. The molecule has 0 aliphatic rings. The van der Waals surface area contributed by atoms with Crippen molar-refractivity contribution in [1.82, 2.24) is 0 Å². The zero-order chi connectivity index (χ0) is 12.3. The van der Waals surface area contributed by atoms with Gasteiger partial charge in [0.25, 0.3) is 0 Å². The highest BCUT2D eigenvalue weighted by molar-refractivity contribution is 5.91. The fourth-order valence-corrected chi connectivity index (χ4v) is 1.41. The second kappa shape index (κ2) is 4.66. The van der Waals surface area contributed by atoms with E-state index in [1.165, 1.54) is 0 Å². The van der Waals surface area contributed by atoms with Gasteiger partial charge in [-0.3, -0.25) is 0 Å². The van der Waals surface area contributed by atoms with E-state index in [0.29, 0.717) is 5.56 Å². The number of hydrogen-bond donors (Lipinski definition) is 1. The molecule has 1 unspecified atom stereocenters. The maximum atomic E-state index is 11.9. The Morgan fingerprint density at radius 3 is 2.38 bits per heavy atom. The van der Waals surface area contributed by atoms with E-state index in [0.717, 1.165) is 5.56 Å². The Labute approximate surface area is 96.6 Å². The first kappa shape index (κ1) is 12.7. The summed E-state index contributed by atoms with van der Waals surface area (Å²) in [6.07, 6.45) is 0. The lowest BCUT2D eigenvalue weighted by atomic mass is 10.0. The van der Waals surface area contributed by atoms with Gasteiger partial charge in [-0.1, -0.05) is 18.2 Å². The third-order valence-electron chi connectivity index (χ3n) is 2.07. The molecule has 1 aromatic carbocycles. The van der Waals surface area contributed by atoms with Crippen LogP contribution in [0.25, 0.3) is 0 Å². The van der Waals surface area contributed by atoms with Gasteiger partial charge in [0.15, 0.2) is 0 Å². The van der Waals surface area contributed by atoms with E-state index >= 15 is 0 Å². The van der Waals surface area contributed by atoms with Crippen molar-refractivity contribution in [2.45, 2.75) is 39.3 Å². The Bertz CT molecular complexity index is 378. The Morgan fingerprint density at radius 1 is 1.31 bits per heavy atom. The van der Waals surface area contributed by atoms with Crippen LogP contribution < -0.4 is 5.73 Å². The minimum Gasteiger partial charge on any atom is -0.456 e. The lowest BCUT2D eigenvalue weighted by molar-refractivity contribution is 0.00679. The summed E-state index contributed by atoms with van der Waals surface area (Å²) in [5.74, 6) is -0.319. The third-order valence-corrected chi connectivity index (χ3v) is 2.07. The molecule has 2 N–H and O–H groups in total. The normalized spacial score (nSPS) is 13.3. The van der Waals surface area contributed by atoms with Crippen LogP contribution in [0.15, 0.2) is 24.3 Å². The molecule has 0 bridgehead atoms. The van der Waals surface area contributed by atoms with Gasteiger partial charge in [0.05, 0.1) is 5.56 Å². The summed E-state index contributed by atoms with van der Waals surface area (Å²) in [4.78, 5) is 11.9. The minimum atomic E-state index is -0.484. The van der Waals surface area contributed by atoms with E-state index in [9.17, 15) is 4.79 Å². The molecule has 1 rings (SSSR count). The third kappa shape index (κ3) is 3.35. The van der Waals surface area contributed by atoms with Crippen molar-refractivity contribution in [3.05, 3.63) is 35.4 Å². The molecule has 0 saturated heterocycles. The smallest absolute Gasteiger partial charge is 0.338 e. The topological polar surface area (TPSA) is 52.3 Å². The Kier molecular flexibility index (Phi) is 3.70. The fourth-order valence-electron chi connectivity index (χ4n) is 1.41. The molecule has 0 heterocycles. The van der Waals surface area contributed by atoms with Crippen molar-refractivity contribution in [2.75, 3.05) is 0 Å². The van der Waals surface area contributed by atoms with Gasteiger partial charge >= 0.3 is 5.97 Å². The first-order chi connectivity index (χ1) is 7.31. The van der Waals surface area contributed by atoms with Crippen LogP contribution in [0.4, 0.5) is 0 Å². The van der Waals surface area contributed by atoms with E-state index in [-0.39, 0.29) is 12.0 Å². The van der Waals surface area contributed by atoms with Gasteiger partial charge in [0.1, 0.15) is 5.60 Å². The zero-order valence-electron chi connectivity index (χ0n) is 10.3. The van der Waals surface area contributed by atoms with Crippen molar-refractivity contribution in [2.24, 2.45) is 5.73 Å². The van der Waals surface area contributed by atoms with E-state index < -0.39 is 5.60 Å². The molecule has 0 saturated carbocycles. The number of benzene rings is 1. The molecule has 1 aromatic rings. The predicted octanol–water partition coefficient (Wildman–Crippen LogP) is 2.66. The van der Waals surface area contributed by atoms with Crippen LogP contribution in [-0.4, -0.2) is 11.6 Å². The molecule has 0 radical (unpaired) electrons. The summed E-state index contributed by atoms with van der Waals surface area (Å²) < 4.78 is 5.32. The van der Waals surface area contributed by atoms with Crippen LogP contribution in [-0.2, 0) is 4.74 Å². The predicted molar refractivity (Wildman–Crippen MR) is 64.2 cm³/mol. The van der Waals surface area contributed by atoms with Crippen LogP contribution >= 0.6 is 0 Å². The summed E-state index contributed by atoms with van der Waals surface area (Å²) >= 11 is 0. The van der Waals surface area contributed by atoms with Crippen molar-refractivity contribution < 1.29 is 9.53 Å². The summed E-state index contributed by atoms with van der Waals surface area (Å²) in [7, 11) is 0. The number of ether oxygens (including phenoxy) is 1. The van der Waals surface area contributed by atoms with Gasteiger partial charge in [-0.25, -0.2) is 4.79 Å². The summed E-state index contributed by atoms with van der Waals surface area (Å²) in [5, 5.41) is 0. The van der Waals surface area contributed by atoms with E-state index in [1.807, 2.05) is 45.9 Å². The van der Waals surface area contributed by atoms with Gasteiger partial charge in [0, 0.05) is 6.04 Å². The maximum absolute atomic E-state index is 11.9. The summed E-state index contributed by atoms with van der Waals surface area (Å²) in [5.41, 5.74) is 6.69. The number of carbonyl (C=O) groups is 1. The number of carbonyl (C=O) groups excluding carboxylic acids is 1. The lowest BCUT2D eigenvalue weighted by Gasteiger charge is -2.21. The van der Waals surface area contributed by atoms with Crippen LogP contribution in [0, 0.1) is 0 Å². The molecule has 88 valence electrons. The number of hydrogen-bond acceptors (Lipinski definition) is 3. The number of rotatable bonds is 2. The van der Waals surface area contributed by atoms with E-state index in [4.69, 9.17) is 10.5 Å². The standard InChI is InChI=1S/C13H19NO2/c1-9(14)10-7-5-6-8-11(10)12(15)16-13(2,3)4/h5-9H,14H2,1-4H3.